The number of nitro groups is 1. The van der Waals surface area contributed by atoms with Gasteiger partial charge >= 0.3 is 0 Å². The number of halogens is 1. The monoisotopic (exact) mass is 299 g/mol. The third-order valence-corrected chi connectivity index (χ3v) is 5.35. The molecule has 2 unspecified atom stereocenters. The molecule has 0 aromatic heterocycles. The molecule has 1 aromatic rings. The van der Waals surface area contributed by atoms with E-state index in [1.54, 1.807) is 12.1 Å². The van der Waals surface area contributed by atoms with Crippen molar-refractivity contribution in [1.29, 1.82) is 0 Å². The largest absolute Gasteiger partial charge is 0.269 e. The molecule has 5 heteroatoms. The molecule has 1 saturated carbocycles. The third kappa shape index (κ3) is 4.11. The Hall–Kier alpha value is -0.740. The van der Waals surface area contributed by atoms with Crippen molar-refractivity contribution in [3.8, 4) is 0 Å². The lowest BCUT2D eigenvalue weighted by Gasteiger charge is -2.26. The zero-order chi connectivity index (χ0) is 13.8. The molecular formula is C14H18ClNO2S. The van der Waals surface area contributed by atoms with E-state index in [0.29, 0.717) is 10.3 Å². The van der Waals surface area contributed by atoms with Crippen LogP contribution in [0.1, 0.15) is 38.2 Å². The fourth-order valence-electron chi connectivity index (χ4n) is 2.52. The second-order valence-corrected chi connectivity index (χ2v) is 6.93. The molecular weight excluding hydrogens is 282 g/mol. The van der Waals surface area contributed by atoms with E-state index < -0.39 is 0 Å². The fraction of sp³-hybridized carbons (Fsp3) is 0.571. The molecule has 104 valence electrons. The van der Waals surface area contributed by atoms with E-state index in [-0.39, 0.29) is 10.6 Å². The molecule has 0 spiro atoms. The minimum absolute atomic E-state index is 0.122. The van der Waals surface area contributed by atoms with E-state index in [1.165, 1.54) is 31.7 Å². The van der Waals surface area contributed by atoms with Crippen molar-refractivity contribution in [2.24, 2.45) is 5.92 Å². The van der Waals surface area contributed by atoms with Gasteiger partial charge in [0.05, 0.1) is 4.92 Å². The maximum absolute atomic E-state index is 10.8. The quantitative estimate of drug-likeness (QED) is 0.576. The summed E-state index contributed by atoms with van der Waals surface area (Å²) in [7, 11) is 0. The first-order chi connectivity index (χ1) is 9.06. The predicted molar refractivity (Wildman–Crippen MR) is 80.8 cm³/mol. The second-order valence-electron chi connectivity index (χ2n) is 5.24. The molecule has 1 aliphatic carbocycles. The van der Waals surface area contributed by atoms with Crippen LogP contribution < -0.4 is 0 Å². The van der Waals surface area contributed by atoms with Gasteiger partial charge < -0.3 is 0 Å². The van der Waals surface area contributed by atoms with Crippen LogP contribution >= 0.6 is 23.4 Å². The highest BCUT2D eigenvalue weighted by Crippen LogP contribution is 2.35. The highest BCUT2D eigenvalue weighted by Gasteiger charge is 2.20. The first-order valence-corrected chi connectivity index (χ1v) is 8.03. The van der Waals surface area contributed by atoms with E-state index in [0.717, 1.165) is 17.2 Å². The molecule has 3 nitrogen and oxygen atoms in total. The normalized spacial score (nSPS) is 23.3. The summed E-state index contributed by atoms with van der Waals surface area (Å²) in [5.74, 6) is 1.56. The van der Waals surface area contributed by atoms with Crippen molar-refractivity contribution in [3.63, 3.8) is 0 Å². The summed E-state index contributed by atoms with van der Waals surface area (Å²) in [6.07, 6.45) is 5.12. The maximum atomic E-state index is 10.8. The first-order valence-electron chi connectivity index (χ1n) is 6.60. The molecule has 0 aliphatic heterocycles. The molecule has 1 aliphatic rings. The molecule has 0 heterocycles. The lowest BCUT2D eigenvalue weighted by atomic mass is 9.91. The van der Waals surface area contributed by atoms with Crippen LogP contribution in [0.2, 0.25) is 5.02 Å². The number of nitrogens with zero attached hydrogens (tertiary/aromatic N) is 1. The minimum atomic E-state index is -0.368. The van der Waals surface area contributed by atoms with Crippen LogP contribution in [0.3, 0.4) is 0 Å². The van der Waals surface area contributed by atoms with Gasteiger partial charge in [-0.1, -0.05) is 31.4 Å². The number of non-ortho nitro benzene ring substituents is 1. The van der Waals surface area contributed by atoms with Gasteiger partial charge in [-0.05, 0) is 30.4 Å². The zero-order valence-electron chi connectivity index (χ0n) is 11.0. The summed E-state index contributed by atoms with van der Waals surface area (Å²) in [6, 6.07) is 4.68. The van der Waals surface area contributed by atoms with Crippen molar-refractivity contribution >= 4 is 29.1 Å². The van der Waals surface area contributed by atoms with Crippen LogP contribution in [0, 0.1) is 16.0 Å². The SMILES string of the molecule is CC1CCCC(SCc2cc([N+](=O)[O-])ccc2Cl)C1. The smallest absolute Gasteiger partial charge is 0.258 e. The number of thioether (sulfide) groups is 1. The number of hydrogen-bond acceptors (Lipinski definition) is 3. The average molecular weight is 300 g/mol. The summed E-state index contributed by atoms with van der Waals surface area (Å²) in [5.41, 5.74) is 0.996. The summed E-state index contributed by atoms with van der Waals surface area (Å²) < 4.78 is 0. The second kappa shape index (κ2) is 6.62. The lowest BCUT2D eigenvalue weighted by molar-refractivity contribution is -0.384. The first kappa shape index (κ1) is 14.7. The van der Waals surface area contributed by atoms with Gasteiger partial charge in [0, 0.05) is 28.2 Å². The molecule has 0 amide bonds. The van der Waals surface area contributed by atoms with Crippen LogP contribution in [-0.4, -0.2) is 10.2 Å². The standard InChI is InChI=1S/C14H18ClNO2S/c1-10-3-2-4-13(7-10)19-9-11-8-12(16(17)18)5-6-14(11)15/h5-6,8,10,13H,2-4,7,9H2,1H3. The number of benzene rings is 1. The van der Waals surface area contributed by atoms with Gasteiger partial charge in [-0.15, -0.1) is 0 Å². The van der Waals surface area contributed by atoms with E-state index >= 15 is 0 Å². The van der Waals surface area contributed by atoms with Crippen LogP contribution in [-0.2, 0) is 5.75 Å². The van der Waals surface area contributed by atoms with Gasteiger partial charge in [0.15, 0.2) is 0 Å². The average Bonchev–Trinajstić information content (AvgIpc) is 2.37. The molecule has 2 atom stereocenters. The van der Waals surface area contributed by atoms with E-state index in [9.17, 15) is 10.1 Å². The van der Waals surface area contributed by atoms with Gasteiger partial charge in [0.1, 0.15) is 0 Å². The summed E-state index contributed by atoms with van der Waals surface area (Å²) in [6.45, 7) is 2.30. The molecule has 0 N–H and O–H groups in total. The highest BCUT2D eigenvalue weighted by molar-refractivity contribution is 7.99. The Morgan fingerprint density at radius 2 is 2.26 bits per heavy atom. The van der Waals surface area contributed by atoms with Gasteiger partial charge in [-0.2, -0.15) is 11.8 Å². The van der Waals surface area contributed by atoms with Crippen molar-refractivity contribution in [2.45, 2.75) is 43.6 Å². The summed E-state index contributed by atoms with van der Waals surface area (Å²) >= 11 is 7.99. The van der Waals surface area contributed by atoms with Crippen LogP contribution in [0.4, 0.5) is 5.69 Å². The highest BCUT2D eigenvalue weighted by atomic mass is 35.5. The van der Waals surface area contributed by atoms with Gasteiger partial charge in [0.25, 0.3) is 5.69 Å². The van der Waals surface area contributed by atoms with Gasteiger partial charge in [-0.3, -0.25) is 10.1 Å². The molecule has 0 radical (unpaired) electrons. The van der Waals surface area contributed by atoms with Crippen molar-refractivity contribution in [2.75, 3.05) is 0 Å². The fourth-order valence-corrected chi connectivity index (χ4v) is 4.24. The van der Waals surface area contributed by atoms with Crippen LogP contribution in [0.15, 0.2) is 18.2 Å². The predicted octanol–water partition coefficient (Wildman–Crippen LogP) is 5.06. The van der Waals surface area contributed by atoms with Gasteiger partial charge in [0.2, 0.25) is 0 Å². The Bertz CT molecular complexity index is 467. The van der Waals surface area contributed by atoms with E-state index in [4.69, 9.17) is 11.6 Å². The molecule has 1 aromatic carbocycles. The Labute approximate surface area is 122 Å². The molecule has 1 fully saturated rings. The third-order valence-electron chi connectivity index (χ3n) is 3.60. The Balaban J connectivity index is 1.98. The van der Waals surface area contributed by atoms with Crippen molar-refractivity contribution in [1.82, 2.24) is 0 Å². The van der Waals surface area contributed by atoms with Crippen molar-refractivity contribution in [3.05, 3.63) is 38.9 Å². The Morgan fingerprint density at radius 1 is 1.47 bits per heavy atom. The van der Waals surface area contributed by atoms with Gasteiger partial charge in [-0.25, -0.2) is 0 Å². The van der Waals surface area contributed by atoms with E-state index in [2.05, 4.69) is 6.92 Å². The molecule has 2 rings (SSSR count). The number of nitro benzene ring substituents is 1. The lowest BCUT2D eigenvalue weighted by Crippen LogP contribution is -2.15. The number of rotatable bonds is 4. The molecule has 19 heavy (non-hydrogen) atoms. The summed E-state index contributed by atoms with van der Waals surface area (Å²) in [4.78, 5) is 10.4. The minimum Gasteiger partial charge on any atom is -0.258 e. The zero-order valence-corrected chi connectivity index (χ0v) is 12.5. The van der Waals surface area contributed by atoms with Crippen LogP contribution in [0.25, 0.3) is 0 Å². The molecule has 0 saturated heterocycles. The van der Waals surface area contributed by atoms with E-state index in [1.807, 2.05) is 11.8 Å². The number of hydrogen-bond donors (Lipinski definition) is 0. The van der Waals surface area contributed by atoms with Crippen molar-refractivity contribution < 1.29 is 4.92 Å². The van der Waals surface area contributed by atoms with Crippen LogP contribution in [0.5, 0.6) is 0 Å². The summed E-state index contributed by atoms with van der Waals surface area (Å²) in [5, 5.41) is 12.1. The Morgan fingerprint density at radius 3 is 2.95 bits per heavy atom. The topological polar surface area (TPSA) is 43.1 Å². The Kier molecular flexibility index (Phi) is 5.11. The molecule has 0 bridgehead atoms. The maximum Gasteiger partial charge on any atom is 0.269 e.